The van der Waals surface area contributed by atoms with Crippen LogP contribution in [0.15, 0.2) is 10.7 Å². The van der Waals surface area contributed by atoms with Gasteiger partial charge < -0.3 is 10.2 Å². The third-order valence-electron chi connectivity index (χ3n) is 3.54. The topological polar surface area (TPSA) is 50.2 Å². The molecular formula is C13H21BrN4O. The summed E-state index contributed by atoms with van der Waals surface area (Å²) in [7, 11) is 2.12. The van der Waals surface area contributed by atoms with Crippen LogP contribution in [-0.4, -0.2) is 46.8 Å². The number of amides is 1. The Morgan fingerprint density at radius 3 is 2.79 bits per heavy atom. The molecule has 1 aliphatic heterocycles. The Hall–Kier alpha value is -0.880. The minimum atomic E-state index is 0.124. The summed E-state index contributed by atoms with van der Waals surface area (Å²) in [5.41, 5.74) is 0.954. The lowest BCUT2D eigenvalue weighted by Crippen LogP contribution is -2.43. The van der Waals surface area contributed by atoms with E-state index in [4.69, 9.17) is 0 Å². The van der Waals surface area contributed by atoms with Gasteiger partial charge in [0.2, 0.25) is 5.91 Å². The van der Waals surface area contributed by atoms with Crippen LogP contribution < -0.4 is 5.32 Å². The lowest BCUT2D eigenvalue weighted by Gasteiger charge is -2.29. The van der Waals surface area contributed by atoms with Crippen molar-refractivity contribution < 1.29 is 4.79 Å². The molecule has 1 saturated heterocycles. The molecule has 1 N–H and O–H groups in total. The van der Waals surface area contributed by atoms with Crippen molar-refractivity contribution in [1.29, 1.82) is 0 Å². The zero-order chi connectivity index (χ0) is 13.8. The van der Waals surface area contributed by atoms with Crippen molar-refractivity contribution in [2.45, 2.75) is 38.8 Å². The predicted octanol–water partition coefficient (Wildman–Crippen LogP) is 1.55. The van der Waals surface area contributed by atoms with Gasteiger partial charge in [0.15, 0.2) is 0 Å². The first-order chi connectivity index (χ1) is 9.04. The molecular weight excluding hydrogens is 308 g/mol. The Bertz CT molecular complexity index is 418. The van der Waals surface area contributed by atoms with Crippen LogP contribution in [0.3, 0.4) is 0 Å². The molecule has 0 saturated carbocycles. The number of aromatic nitrogens is 2. The fourth-order valence-corrected chi connectivity index (χ4v) is 2.59. The summed E-state index contributed by atoms with van der Waals surface area (Å²) in [5, 5.41) is 7.43. The highest BCUT2D eigenvalue weighted by Crippen LogP contribution is 2.13. The average molecular weight is 329 g/mol. The maximum absolute atomic E-state index is 11.9. The van der Waals surface area contributed by atoms with Gasteiger partial charge in [0.05, 0.1) is 10.2 Å². The molecule has 0 atom stereocenters. The lowest BCUT2D eigenvalue weighted by atomic mass is 10.1. The first-order valence-corrected chi connectivity index (χ1v) is 7.51. The monoisotopic (exact) mass is 328 g/mol. The molecule has 0 bridgehead atoms. The third-order valence-corrected chi connectivity index (χ3v) is 4.32. The molecule has 2 rings (SSSR count). The van der Waals surface area contributed by atoms with E-state index in [0.717, 1.165) is 36.1 Å². The molecule has 0 aliphatic carbocycles. The first-order valence-electron chi connectivity index (χ1n) is 6.72. The molecule has 1 fully saturated rings. The van der Waals surface area contributed by atoms with Crippen LogP contribution in [0.4, 0.5) is 0 Å². The van der Waals surface area contributed by atoms with Crippen LogP contribution in [0.2, 0.25) is 0 Å². The molecule has 1 aromatic heterocycles. The number of hydrogen-bond donors (Lipinski definition) is 1. The highest BCUT2D eigenvalue weighted by molar-refractivity contribution is 9.10. The second-order valence-corrected chi connectivity index (χ2v) is 6.07. The zero-order valence-corrected chi connectivity index (χ0v) is 13.1. The van der Waals surface area contributed by atoms with Crippen molar-refractivity contribution >= 4 is 21.8 Å². The zero-order valence-electron chi connectivity index (χ0n) is 11.5. The number of carbonyl (C=O) groups is 1. The summed E-state index contributed by atoms with van der Waals surface area (Å²) < 4.78 is 2.80. The van der Waals surface area contributed by atoms with Crippen molar-refractivity contribution in [2.24, 2.45) is 0 Å². The number of carbonyl (C=O) groups excluding carboxylic acids is 1. The van der Waals surface area contributed by atoms with E-state index < -0.39 is 0 Å². The van der Waals surface area contributed by atoms with E-state index in [1.807, 2.05) is 17.8 Å². The number of hydrogen-bond acceptors (Lipinski definition) is 3. The number of nitrogens with one attached hydrogen (secondary N) is 1. The van der Waals surface area contributed by atoms with Crippen LogP contribution >= 0.6 is 15.9 Å². The number of halogens is 1. The van der Waals surface area contributed by atoms with Crippen molar-refractivity contribution in [3.63, 3.8) is 0 Å². The van der Waals surface area contributed by atoms with Gasteiger partial charge in [-0.1, -0.05) is 0 Å². The summed E-state index contributed by atoms with van der Waals surface area (Å²) in [5.74, 6) is 0.124. The molecule has 1 amide bonds. The van der Waals surface area contributed by atoms with Crippen LogP contribution in [0.5, 0.6) is 0 Å². The maximum Gasteiger partial charge on any atom is 0.222 e. The van der Waals surface area contributed by atoms with E-state index in [0.29, 0.717) is 19.0 Å². The molecule has 1 aromatic rings. The Balaban J connectivity index is 1.72. The molecule has 106 valence electrons. The van der Waals surface area contributed by atoms with Gasteiger partial charge in [-0.25, -0.2) is 0 Å². The van der Waals surface area contributed by atoms with Crippen LogP contribution in [0.25, 0.3) is 0 Å². The minimum Gasteiger partial charge on any atom is -0.353 e. The fraction of sp³-hybridized carbons (Fsp3) is 0.692. The maximum atomic E-state index is 11.9. The Morgan fingerprint density at radius 1 is 1.53 bits per heavy atom. The Morgan fingerprint density at radius 2 is 2.21 bits per heavy atom. The number of likely N-dealkylation sites (tertiary alicyclic amines) is 1. The van der Waals surface area contributed by atoms with Gasteiger partial charge in [-0.15, -0.1) is 0 Å². The highest BCUT2D eigenvalue weighted by Gasteiger charge is 2.18. The van der Waals surface area contributed by atoms with Crippen molar-refractivity contribution in [2.75, 3.05) is 20.1 Å². The summed E-state index contributed by atoms with van der Waals surface area (Å²) in [4.78, 5) is 14.2. The SMILES string of the molecule is Cc1nn(CCC(=O)NC2CCN(C)CC2)cc1Br. The number of piperidine rings is 1. The van der Waals surface area contributed by atoms with Gasteiger partial charge >= 0.3 is 0 Å². The predicted molar refractivity (Wildman–Crippen MR) is 77.9 cm³/mol. The molecule has 0 aromatic carbocycles. The number of aryl methyl sites for hydroxylation is 2. The first kappa shape index (κ1) is 14.5. The average Bonchev–Trinajstić information content (AvgIpc) is 2.69. The molecule has 0 spiro atoms. The second-order valence-electron chi connectivity index (χ2n) is 5.22. The van der Waals surface area contributed by atoms with Crippen molar-refractivity contribution in [1.82, 2.24) is 20.0 Å². The van der Waals surface area contributed by atoms with Gasteiger partial charge in [-0.05, 0) is 55.8 Å². The molecule has 0 radical (unpaired) electrons. The quantitative estimate of drug-likeness (QED) is 0.912. The van der Waals surface area contributed by atoms with Gasteiger partial charge in [0.25, 0.3) is 0 Å². The smallest absolute Gasteiger partial charge is 0.222 e. The molecule has 0 unspecified atom stereocenters. The molecule has 1 aliphatic rings. The summed E-state index contributed by atoms with van der Waals surface area (Å²) in [6, 6.07) is 0.342. The fourth-order valence-electron chi connectivity index (χ4n) is 2.28. The van der Waals surface area contributed by atoms with Gasteiger partial charge in [-0.3, -0.25) is 9.48 Å². The summed E-state index contributed by atoms with van der Waals surface area (Å²) in [6.45, 7) is 4.70. The van der Waals surface area contributed by atoms with Crippen LogP contribution in [-0.2, 0) is 11.3 Å². The van der Waals surface area contributed by atoms with Crippen LogP contribution in [0.1, 0.15) is 25.0 Å². The van der Waals surface area contributed by atoms with E-state index in [1.165, 1.54) is 0 Å². The van der Waals surface area contributed by atoms with E-state index in [-0.39, 0.29) is 5.91 Å². The normalized spacial score (nSPS) is 17.6. The van der Waals surface area contributed by atoms with Crippen molar-refractivity contribution in [3.8, 4) is 0 Å². The molecule has 19 heavy (non-hydrogen) atoms. The highest BCUT2D eigenvalue weighted by atomic mass is 79.9. The van der Waals surface area contributed by atoms with Gasteiger partial charge in [0.1, 0.15) is 0 Å². The number of rotatable bonds is 4. The Kier molecular flexibility index (Phi) is 4.99. The van der Waals surface area contributed by atoms with Crippen LogP contribution in [0, 0.1) is 6.92 Å². The van der Waals surface area contributed by atoms with Gasteiger partial charge in [-0.2, -0.15) is 5.10 Å². The van der Waals surface area contributed by atoms with E-state index in [2.05, 4.69) is 38.3 Å². The second kappa shape index (κ2) is 6.52. The van der Waals surface area contributed by atoms with E-state index >= 15 is 0 Å². The Labute approximate surface area is 122 Å². The summed E-state index contributed by atoms with van der Waals surface area (Å²) >= 11 is 3.42. The third kappa shape index (κ3) is 4.31. The molecule has 6 heteroatoms. The van der Waals surface area contributed by atoms with Crippen molar-refractivity contribution in [3.05, 3.63) is 16.4 Å². The molecule has 5 nitrogen and oxygen atoms in total. The van der Waals surface area contributed by atoms with Gasteiger partial charge in [0, 0.05) is 25.2 Å². The van der Waals surface area contributed by atoms with E-state index in [9.17, 15) is 4.79 Å². The standard InChI is InChI=1S/C13H21BrN4O/c1-10-12(14)9-18(16-10)8-5-13(19)15-11-3-6-17(2)7-4-11/h9,11H,3-8H2,1-2H3,(H,15,19). The summed E-state index contributed by atoms with van der Waals surface area (Å²) in [6.07, 6.45) is 4.50. The van der Waals surface area contributed by atoms with E-state index in [1.54, 1.807) is 0 Å². The minimum absolute atomic E-state index is 0.124. The molecule has 2 heterocycles. The largest absolute Gasteiger partial charge is 0.353 e. The number of nitrogens with zero attached hydrogens (tertiary/aromatic N) is 3. The lowest BCUT2D eigenvalue weighted by molar-refractivity contribution is -0.122.